The van der Waals surface area contributed by atoms with Gasteiger partial charge in [0.2, 0.25) is 0 Å². The van der Waals surface area contributed by atoms with Gasteiger partial charge < -0.3 is 10.2 Å². The summed E-state index contributed by atoms with van der Waals surface area (Å²) in [6, 6.07) is 8.18. The van der Waals surface area contributed by atoms with Gasteiger partial charge in [-0.15, -0.1) is 0 Å². The van der Waals surface area contributed by atoms with Crippen LogP contribution in [0.2, 0.25) is 0 Å². The molecule has 2 rings (SSSR count). The Hall–Kier alpha value is -1.55. The van der Waals surface area contributed by atoms with E-state index < -0.39 is 0 Å². The molecule has 1 N–H and O–H groups in total. The summed E-state index contributed by atoms with van der Waals surface area (Å²) in [4.78, 5) is 16.9. The Morgan fingerprint density at radius 2 is 2.11 bits per heavy atom. The van der Waals surface area contributed by atoms with Gasteiger partial charge in [-0.3, -0.25) is 9.69 Å². The number of likely N-dealkylation sites (N-methyl/N-ethyl adjacent to an activating group) is 1. The van der Waals surface area contributed by atoms with Gasteiger partial charge in [0, 0.05) is 38.4 Å². The third-order valence-electron chi connectivity index (χ3n) is 3.96. The lowest BCUT2D eigenvalue weighted by Gasteiger charge is -2.39. The van der Waals surface area contributed by atoms with Gasteiger partial charge in [-0.25, -0.2) is 0 Å². The fourth-order valence-electron chi connectivity index (χ4n) is 2.63. The van der Waals surface area contributed by atoms with Gasteiger partial charge in [-0.1, -0.05) is 19.1 Å². The highest BCUT2D eigenvalue weighted by molar-refractivity contribution is 5.99. The van der Waals surface area contributed by atoms with Crippen LogP contribution in [0.25, 0.3) is 0 Å². The molecule has 1 aromatic carbocycles. The van der Waals surface area contributed by atoms with Gasteiger partial charge in [0.25, 0.3) is 5.91 Å². The molecule has 19 heavy (non-hydrogen) atoms. The van der Waals surface area contributed by atoms with Crippen LogP contribution in [-0.4, -0.2) is 55.5 Å². The summed E-state index contributed by atoms with van der Waals surface area (Å²) in [6.07, 6.45) is 1.08. The Kier molecular flexibility index (Phi) is 4.43. The summed E-state index contributed by atoms with van der Waals surface area (Å²) in [7, 11) is 3.99. The normalized spacial score (nSPS) is 20.4. The number of hydrogen-bond donors (Lipinski definition) is 1. The molecule has 0 saturated carbocycles. The zero-order valence-corrected chi connectivity index (χ0v) is 12.0. The molecule has 0 aliphatic carbocycles. The Balaban J connectivity index is 2.15. The van der Waals surface area contributed by atoms with E-state index in [1.165, 1.54) is 0 Å². The Morgan fingerprint density at radius 3 is 2.79 bits per heavy atom. The van der Waals surface area contributed by atoms with Crippen LogP contribution in [0.5, 0.6) is 0 Å². The maximum atomic E-state index is 12.6. The van der Waals surface area contributed by atoms with Crippen molar-refractivity contribution in [1.82, 2.24) is 9.80 Å². The number of para-hydroxylation sites is 1. The minimum Gasteiger partial charge on any atom is -0.387 e. The number of piperazine rings is 1. The van der Waals surface area contributed by atoms with E-state index in [0.29, 0.717) is 6.04 Å². The minimum atomic E-state index is 0.136. The van der Waals surface area contributed by atoms with Crippen LogP contribution < -0.4 is 5.32 Å². The highest BCUT2D eigenvalue weighted by atomic mass is 16.2. The highest BCUT2D eigenvalue weighted by Crippen LogP contribution is 2.19. The topological polar surface area (TPSA) is 35.6 Å². The molecule has 1 amide bonds. The number of hydrogen-bond acceptors (Lipinski definition) is 3. The molecule has 4 heteroatoms. The zero-order chi connectivity index (χ0) is 13.8. The second-order valence-electron chi connectivity index (χ2n) is 5.09. The van der Waals surface area contributed by atoms with Gasteiger partial charge >= 0.3 is 0 Å². The molecule has 1 aromatic rings. The first-order valence-electron chi connectivity index (χ1n) is 6.93. The summed E-state index contributed by atoms with van der Waals surface area (Å²) in [5.41, 5.74) is 1.67. The summed E-state index contributed by atoms with van der Waals surface area (Å²) in [5, 5.41) is 3.09. The van der Waals surface area contributed by atoms with Crippen molar-refractivity contribution < 1.29 is 4.79 Å². The SMILES string of the molecule is CCC1CN(C(=O)c2ccccc2NC)CCN1C. The predicted molar refractivity (Wildman–Crippen MR) is 78.6 cm³/mol. The average Bonchev–Trinajstić information content (AvgIpc) is 2.47. The molecule has 1 fully saturated rings. The molecule has 104 valence electrons. The van der Waals surface area contributed by atoms with Gasteiger partial charge in [0.15, 0.2) is 0 Å². The van der Waals surface area contributed by atoms with E-state index in [4.69, 9.17) is 0 Å². The van der Waals surface area contributed by atoms with Crippen molar-refractivity contribution in [2.45, 2.75) is 19.4 Å². The largest absolute Gasteiger partial charge is 0.387 e. The molecular formula is C15H23N3O. The van der Waals surface area contributed by atoms with Crippen LogP contribution in [-0.2, 0) is 0 Å². The average molecular weight is 261 g/mol. The molecule has 1 aliphatic rings. The lowest BCUT2D eigenvalue weighted by atomic mass is 10.1. The number of nitrogens with zero attached hydrogens (tertiary/aromatic N) is 2. The summed E-state index contributed by atoms with van der Waals surface area (Å²) < 4.78 is 0. The van der Waals surface area contributed by atoms with Gasteiger partial charge in [0.1, 0.15) is 0 Å². The fraction of sp³-hybridized carbons (Fsp3) is 0.533. The van der Waals surface area contributed by atoms with Crippen molar-refractivity contribution in [3.63, 3.8) is 0 Å². The quantitative estimate of drug-likeness (QED) is 0.902. The summed E-state index contributed by atoms with van der Waals surface area (Å²) >= 11 is 0. The van der Waals surface area contributed by atoms with Crippen LogP contribution >= 0.6 is 0 Å². The van der Waals surface area contributed by atoms with E-state index in [0.717, 1.165) is 37.3 Å². The van der Waals surface area contributed by atoms with E-state index in [-0.39, 0.29) is 5.91 Å². The van der Waals surface area contributed by atoms with E-state index in [9.17, 15) is 4.79 Å². The van der Waals surface area contributed by atoms with Crippen LogP contribution in [0, 0.1) is 0 Å². The van der Waals surface area contributed by atoms with Crippen molar-refractivity contribution in [3.8, 4) is 0 Å². The summed E-state index contributed by atoms with van der Waals surface area (Å²) in [6.45, 7) is 4.76. The number of carbonyl (C=O) groups excluding carboxylic acids is 1. The summed E-state index contributed by atoms with van der Waals surface area (Å²) in [5.74, 6) is 0.136. The molecule has 1 aliphatic heterocycles. The van der Waals surface area contributed by atoms with Crippen molar-refractivity contribution in [2.24, 2.45) is 0 Å². The molecule has 1 atom stereocenters. The van der Waals surface area contributed by atoms with Crippen LogP contribution in [0.1, 0.15) is 23.7 Å². The number of nitrogens with one attached hydrogen (secondary N) is 1. The number of anilines is 1. The third-order valence-corrected chi connectivity index (χ3v) is 3.96. The van der Waals surface area contributed by atoms with Gasteiger partial charge in [-0.05, 0) is 25.6 Å². The van der Waals surface area contributed by atoms with Crippen molar-refractivity contribution in [1.29, 1.82) is 0 Å². The maximum Gasteiger partial charge on any atom is 0.256 e. The smallest absolute Gasteiger partial charge is 0.256 e. The molecular weight excluding hydrogens is 238 g/mol. The number of carbonyl (C=O) groups is 1. The van der Waals surface area contributed by atoms with Crippen LogP contribution in [0.3, 0.4) is 0 Å². The molecule has 0 spiro atoms. The first kappa shape index (κ1) is 13.9. The number of amides is 1. The molecule has 1 saturated heterocycles. The second kappa shape index (κ2) is 6.06. The molecule has 0 aromatic heterocycles. The maximum absolute atomic E-state index is 12.6. The van der Waals surface area contributed by atoms with Crippen LogP contribution in [0.4, 0.5) is 5.69 Å². The van der Waals surface area contributed by atoms with Gasteiger partial charge in [-0.2, -0.15) is 0 Å². The monoisotopic (exact) mass is 261 g/mol. The minimum absolute atomic E-state index is 0.136. The number of rotatable bonds is 3. The standard InChI is InChI=1S/C15H23N3O/c1-4-12-11-18(10-9-17(12)3)15(19)13-7-5-6-8-14(13)16-2/h5-8,12,16H,4,9-11H2,1-3H3. The predicted octanol–water partition coefficient (Wildman–Crippen LogP) is 1.89. The lowest BCUT2D eigenvalue weighted by Crippen LogP contribution is -2.53. The Bertz CT molecular complexity index is 447. The van der Waals surface area contributed by atoms with E-state index >= 15 is 0 Å². The Labute approximate surface area is 115 Å². The Morgan fingerprint density at radius 1 is 1.37 bits per heavy atom. The third kappa shape index (κ3) is 2.89. The molecule has 1 unspecified atom stereocenters. The first-order valence-corrected chi connectivity index (χ1v) is 6.93. The van der Waals surface area contributed by atoms with Crippen molar-refractivity contribution in [3.05, 3.63) is 29.8 Å². The second-order valence-corrected chi connectivity index (χ2v) is 5.09. The molecule has 0 radical (unpaired) electrons. The van der Waals surface area contributed by atoms with Crippen LogP contribution in [0.15, 0.2) is 24.3 Å². The van der Waals surface area contributed by atoms with Gasteiger partial charge in [0.05, 0.1) is 5.56 Å². The molecule has 4 nitrogen and oxygen atoms in total. The molecule has 1 heterocycles. The van der Waals surface area contributed by atoms with E-state index in [2.05, 4.69) is 24.2 Å². The fourth-order valence-corrected chi connectivity index (χ4v) is 2.63. The van der Waals surface area contributed by atoms with E-state index in [1.807, 2.05) is 36.2 Å². The van der Waals surface area contributed by atoms with Crippen molar-refractivity contribution in [2.75, 3.05) is 39.0 Å². The lowest BCUT2D eigenvalue weighted by molar-refractivity contribution is 0.0543. The van der Waals surface area contributed by atoms with E-state index in [1.54, 1.807) is 0 Å². The number of benzene rings is 1. The first-order chi connectivity index (χ1) is 9.17. The molecule has 0 bridgehead atoms. The highest BCUT2D eigenvalue weighted by Gasteiger charge is 2.27. The van der Waals surface area contributed by atoms with Crippen molar-refractivity contribution >= 4 is 11.6 Å². The zero-order valence-electron chi connectivity index (χ0n) is 12.0.